The Morgan fingerprint density at radius 1 is 1.24 bits per heavy atom. The van der Waals surface area contributed by atoms with Crippen molar-refractivity contribution in [1.82, 2.24) is 9.13 Å². The number of carbonyl (C=O) groups excluding carboxylic acids is 1. The van der Waals surface area contributed by atoms with Crippen LogP contribution in [0, 0.1) is 5.82 Å². The van der Waals surface area contributed by atoms with Crippen LogP contribution in [-0.4, -0.2) is 39.5 Å². The molecule has 1 atom stereocenters. The smallest absolute Gasteiger partial charge is 0.431 e. The topological polar surface area (TPSA) is 117 Å². The largest absolute Gasteiger partial charge is 0.484 e. The van der Waals surface area contributed by atoms with Gasteiger partial charge in [-0.05, 0) is 6.07 Å². The fraction of sp³-hybridized carbons (Fsp3) is 0.294. The Balaban J connectivity index is 1.97. The third-order valence-corrected chi connectivity index (χ3v) is 4.43. The Hall–Kier alpha value is -3.59. The van der Waals surface area contributed by atoms with E-state index in [2.05, 4.69) is 15.4 Å². The van der Waals surface area contributed by atoms with Gasteiger partial charge in [-0.15, -0.1) is 0 Å². The van der Waals surface area contributed by atoms with E-state index in [-0.39, 0.29) is 31.8 Å². The number of hydroxylamine groups is 1. The second-order valence-corrected chi connectivity index (χ2v) is 7.10. The van der Waals surface area contributed by atoms with Crippen molar-refractivity contribution < 1.29 is 36.8 Å². The minimum absolute atomic E-state index is 0.0525. The standard InChI is InChI=1S/C17H14ClF4N6O5/c1-8(29)33-28(3)24-14(23-25-28)7-32-12-5-11(10(19)4-9(12)18)27-15(30)6-13(17(20,21)22)26(2)16(27)31/h4-6H,7H2,1-3H3/q+1. The van der Waals surface area contributed by atoms with Gasteiger partial charge >= 0.3 is 17.8 Å². The molecule has 0 aliphatic carbocycles. The molecule has 1 aromatic heterocycles. The molecule has 0 bridgehead atoms. The summed E-state index contributed by atoms with van der Waals surface area (Å²) >= 11 is 5.94. The van der Waals surface area contributed by atoms with Crippen LogP contribution < -0.4 is 16.0 Å². The van der Waals surface area contributed by atoms with Gasteiger partial charge in [0.25, 0.3) is 11.4 Å². The molecule has 1 aliphatic rings. The van der Waals surface area contributed by atoms with Crippen LogP contribution in [0.4, 0.5) is 17.6 Å². The van der Waals surface area contributed by atoms with Crippen molar-refractivity contribution in [2.75, 3.05) is 13.7 Å². The van der Waals surface area contributed by atoms with Crippen molar-refractivity contribution in [3.63, 3.8) is 0 Å². The predicted molar refractivity (Wildman–Crippen MR) is 103 cm³/mol. The number of aromatic nitrogens is 2. The fourth-order valence-corrected chi connectivity index (χ4v) is 3.00. The number of rotatable bonds is 5. The first kappa shape index (κ1) is 24.1. The number of hydrogen-bond donors (Lipinski definition) is 0. The van der Waals surface area contributed by atoms with Gasteiger partial charge in [0.15, 0.2) is 13.7 Å². The summed E-state index contributed by atoms with van der Waals surface area (Å²) in [6.45, 7) is 0.736. The molecule has 0 spiro atoms. The minimum atomic E-state index is -4.98. The van der Waals surface area contributed by atoms with Crippen LogP contribution in [0.1, 0.15) is 12.6 Å². The molecule has 176 valence electrons. The number of quaternary nitrogens is 1. The van der Waals surface area contributed by atoms with Crippen molar-refractivity contribution in [2.24, 2.45) is 22.5 Å². The lowest BCUT2D eigenvalue weighted by atomic mass is 10.2. The van der Waals surface area contributed by atoms with Crippen LogP contribution in [0.3, 0.4) is 0 Å². The van der Waals surface area contributed by atoms with Gasteiger partial charge in [0, 0.05) is 31.2 Å². The van der Waals surface area contributed by atoms with Gasteiger partial charge < -0.3 is 4.74 Å². The molecule has 16 heteroatoms. The van der Waals surface area contributed by atoms with E-state index in [4.69, 9.17) is 21.2 Å². The maximum absolute atomic E-state index is 14.5. The highest BCUT2D eigenvalue weighted by atomic mass is 35.5. The summed E-state index contributed by atoms with van der Waals surface area (Å²) in [4.78, 5) is 39.7. The predicted octanol–water partition coefficient (Wildman–Crippen LogP) is 2.35. The van der Waals surface area contributed by atoms with E-state index in [1.807, 2.05) is 0 Å². The molecule has 0 saturated carbocycles. The third kappa shape index (κ3) is 4.93. The van der Waals surface area contributed by atoms with Crippen molar-refractivity contribution >= 4 is 23.4 Å². The molecule has 33 heavy (non-hydrogen) atoms. The van der Waals surface area contributed by atoms with Crippen molar-refractivity contribution in [1.29, 1.82) is 0 Å². The Bertz CT molecular complexity index is 1320. The average molecular weight is 494 g/mol. The maximum Gasteiger partial charge on any atom is 0.431 e. The van der Waals surface area contributed by atoms with E-state index in [9.17, 15) is 31.9 Å². The molecule has 2 aromatic rings. The first-order valence-electron chi connectivity index (χ1n) is 8.83. The Morgan fingerprint density at radius 3 is 2.52 bits per heavy atom. The summed E-state index contributed by atoms with van der Waals surface area (Å²) in [7, 11) is 2.08. The SMILES string of the molecule is CC(=O)O[N+]1(C)N=NC(COc2cc(-n3c(=O)cc(C(F)(F)F)n(C)c3=O)c(F)cc2Cl)=N1. The number of hydrogen-bond acceptors (Lipinski definition) is 8. The zero-order valence-corrected chi connectivity index (χ0v) is 17.8. The Labute approximate surface area is 186 Å². The summed E-state index contributed by atoms with van der Waals surface area (Å²) in [5.41, 5.74) is -5.05. The number of carbonyl (C=O) groups is 1. The van der Waals surface area contributed by atoms with Crippen LogP contribution in [0.5, 0.6) is 5.75 Å². The number of amidine groups is 1. The molecular weight excluding hydrogens is 480 g/mol. The molecule has 1 aliphatic heterocycles. The van der Waals surface area contributed by atoms with Gasteiger partial charge in [0.2, 0.25) is 0 Å². The molecule has 1 unspecified atom stereocenters. The second-order valence-electron chi connectivity index (χ2n) is 6.69. The number of alkyl halides is 3. The summed E-state index contributed by atoms with van der Waals surface area (Å²) < 4.78 is 59.4. The van der Waals surface area contributed by atoms with Gasteiger partial charge in [0.1, 0.15) is 27.3 Å². The van der Waals surface area contributed by atoms with Gasteiger partial charge in [-0.25, -0.2) is 23.4 Å². The van der Waals surface area contributed by atoms with Crippen molar-refractivity contribution in [2.45, 2.75) is 13.1 Å². The van der Waals surface area contributed by atoms with Crippen LogP contribution in [-0.2, 0) is 22.9 Å². The quantitative estimate of drug-likeness (QED) is 0.468. The minimum Gasteiger partial charge on any atom is -0.484 e. The first-order chi connectivity index (χ1) is 15.2. The van der Waals surface area contributed by atoms with Crippen LogP contribution >= 0.6 is 11.6 Å². The lowest BCUT2D eigenvalue weighted by Crippen LogP contribution is -2.41. The van der Waals surface area contributed by atoms with E-state index >= 15 is 0 Å². The molecule has 0 amide bonds. The monoisotopic (exact) mass is 493 g/mol. The Morgan fingerprint density at radius 2 is 1.91 bits per heavy atom. The Kier molecular flexibility index (Phi) is 6.12. The normalized spacial score (nSPS) is 17.8. The summed E-state index contributed by atoms with van der Waals surface area (Å²) in [5, 5.41) is 10.9. The molecule has 1 aromatic carbocycles. The van der Waals surface area contributed by atoms with Crippen molar-refractivity contribution in [3.8, 4) is 11.4 Å². The summed E-state index contributed by atoms with van der Waals surface area (Å²) in [5.74, 6) is -2.14. The maximum atomic E-state index is 14.5. The number of benzene rings is 1. The zero-order chi connectivity index (χ0) is 24.7. The van der Waals surface area contributed by atoms with Gasteiger partial charge in [-0.2, -0.15) is 13.2 Å². The van der Waals surface area contributed by atoms with E-state index in [0.29, 0.717) is 6.07 Å². The lowest BCUT2D eigenvalue weighted by molar-refractivity contribution is -1.09. The molecule has 11 nitrogen and oxygen atoms in total. The summed E-state index contributed by atoms with van der Waals surface area (Å²) in [6.07, 6.45) is -4.98. The van der Waals surface area contributed by atoms with Gasteiger partial charge in [0.05, 0.1) is 10.7 Å². The summed E-state index contributed by atoms with van der Waals surface area (Å²) in [6, 6.07) is 1.74. The zero-order valence-electron chi connectivity index (χ0n) is 17.1. The number of halogens is 5. The molecule has 0 saturated heterocycles. The number of nitrogens with zero attached hydrogens (tertiary/aromatic N) is 6. The lowest BCUT2D eigenvalue weighted by Gasteiger charge is -2.15. The average Bonchev–Trinajstić information content (AvgIpc) is 3.04. The van der Waals surface area contributed by atoms with E-state index < -0.39 is 52.1 Å². The van der Waals surface area contributed by atoms with E-state index in [0.717, 1.165) is 20.0 Å². The molecule has 2 heterocycles. The highest BCUT2D eigenvalue weighted by Crippen LogP contribution is 2.30. The molecule has 0 radical (unpaired) electrons. The van der Waals surface area contributed by atoms with Crippen LogP contribution in [0.15, 0.2) is 43.2 Å². The second kappa shape index (κ2) is 8.40. The highest BCUT2D eigenvalue weighted by Gasteiger charge is 2.36. The van der Waals surface area contributed by atoms with Gasteiger partial charge in [-0.1, -0.05) is 16.7 Å². The molecule has 3 rings (SSSR count). The van der Waals surface area contributed by atoms with E-state index in [1.54, 1.807) is 0 Å². The van der Waals surface area contributed by atoms with Crippen LogP contribution in [0.2, 0.25) is 5.02 Å². The van der Waals surface area contributed by atoms with Crippen molar-refractivity contribution in [3.05, 3.63) is 55.6 Å². The molecule has 0 N–H and O–H groups in total. The van der Waals surface area contributed by atoms with Gasteiger partial charge in [-0.3, -0.25) is 9.36 Å². The fourth-order valence-electron chi connectivity index (χ4n) is 2.79. The molecule has 0 fully saturated rings. The first-order valence-corrected chi connectivity index (χ1v) is 9.21. The van der Waals surface area contributed by atoms with Crippen LogP contribution in [0.25, 0.3) is 5.69 Å². The van der Waals surface area contributed by atoms with E-state index in [1.165, 1.54) is 7.05 Å². The number of ether oxygens (including phenoxy) is 1. The molecular formula is C17H14ClF4N6O5+. The highest BCUT2D eigenvalue weighted by molar-refractivity contribution is 6.32. The third-order valence-electron chi connectivity index (χ3n) is 4.14.